The number of allylic oxidation sites excluding steroid dienone is 2. The van der Waals surface area contributed by atoms with Crippen molar-refractivity contribution in [2.45, 2.75) is 57.7 Å². The number of ether oxygens (including phenoxy) is 1. The zero-order chi connectivity index (χ0) is 10.7. The highest BCUT2D eigenvalue weighted by Gasteiger charge is 2.29. The van der Waals surface area contributed by atoms with Crippen molar-refractivity contribution >= 4 is 0 Å². The molecule has 2 nitrogen and oxygen atoms in total. The molecule has 1 aliphatic heterocycles. The molecule has 2 aliphatic rings. The highest BCUT2D eigenvalue weighted by atomic mass is 16.6. The molecule has 0 saturated carbocycles. The number of hydrogen-bond donors (Lipinski definition) is 1. The summed E-state index contributed by atoms with van der Waals surface area (Å²) in [5.41, 5.74) is 1.59. The van der Waals surface area contributed by atoms with E-state index in [9.17, 15) is 5.11 Å². The van der Waals surface area contributed by atoms with E-state index in [1.807, 2.05) is 0 Å². The van der Waals surface area contributed by atoms with Gasteiger partial charge in [0.05, 0.1) is 18.8 Å². The average molecular weight is 210 g/mol. The van der Waals surface area contributed by atoms with E-state index in [1.54, 1.807) is 5.57 Å². The Hall–Kier alpha value is -0.340. The number of rotatable bonds is 8. The fourth-order valence-electron chi connectivity index (χ4n) is 2.21. The van der Waals surface area contributed by atoms with Crippen molar-refractivity contribution in [3.05, 3.63) is 11.6 Å². The molecular formula is C13H22O2. The van der Waals surface area contributed by atoms with Crippen LogP contribution in [-0.4, -0.2) is 23.9 Å². The Balaban J connectivity index is 1.71. The average Bonchev–Trinajstić information content (AvgIpc) is 3.04. The summed E-state index contributed by atoms with van der Waals surface area (Å²) in [6.07, 6.45) is 9.27. The van der Waals surface area contributed by atoms with Crippen molar-refractivity contribution in [3.63, 3.8) is 0 Å². The molecule has 0 aromatic heterocycles. The number of epoxide rings is 1. The van der Waals surface area contributed by atoms with E-state index in [0.717, 1.165) is 25.9 Å². The molecular weight excluding hydrogens is 188 g/mol. The minimum Gasteiger partial charge on any atom is -0.393 e. The lowest BCUT2D eigenvalue weighted by molar-refractivity contribution is 0.0808. The number of aliphatic hydroxyl groups excluding tert-OH is 1. The summed E-state index contributed by atoms with van der Waals surface area (Å²) in [7, 11) is 0. The van der Waals surface area contributed by atoms with Crippen molar-refractivity contribution in [2.75, 3.05) is 6.61 Å². The quantitative estimate of drug-likeness (QED) is 0.493. The van der Waals surface area contributed by atoms with Crippen LogP contribution in [0.15, 0.2) is 11.6 Å². The Kier molecular flexibility index (Phi) is 3.81. The van der Waals surface area contributed by atoms with E-state index in [0.29, 0.717) is 12.0 Å². The largest absolute Gasteiger partial charge is 0.393 e. The lowest BCUT2D eigenvalue weighted by Gasteiger charge is -2.21. The van der Waals surface area contributed by atoms with Gasteiger partial charge >= 0.3 is 0 Å². The topological polar surface area (TPSA) is 32.8 Å². The van der Waals surface area contributed by atoms with Crippen molar-refractivity contribution in [3.8, 4) is 0 Å². The maximum absolute atomic E-state index is 10.1. The molecule has 1 fully saturated rings. The van der Waals surface area contributed by atoms with Gasteiger partial charge in [-0.15, -0.1) is 0 Å². The van der Waals surface area contributed by atoms with E-state index >= 15 is 0 Å². The van der Waals surface area contributed by atoms with Crippen LogP contribution in [0.25, 0.3) is 0 Å². The maximum atomic E-state index is 10.1. The van der Waals surface area contributed by atoms with Crippen LogP contribution in [0.1, 0.15) is 45.4 Å². The Morgan fingerprint density at radius 2 is 2.27 bits per heavy atom. The molecule has 1 saturated heterocycles. The smallest absolute Gasteiger partial charge is 0.0834 e. The molecule has 1 aliphatic carbocycles. The molecule has 0 bridgehead atoms. The maximum Gasteiger partial charge on any atom is 0.0834 e. The molecule has 0 radical (unpaired) electrons. The Morgan fingerprint density at radius 1 is 1.53 bits per heavy atom. The van der Waals surface area contributed by atoms with Gasteiger partial charge in [0.1, 0.15) is 0 Å². The first-order chi connectivity index (χ1) is 7.29. The fraction of sp³-hybridized carbons (Fsp3) is 0.846. The Morgan fingerprint density at radius 3 is 2.80 bits per heavy atom. The molecule has 1 heterocycles. The molecule has 0 amide bonds. The van der Waals surface area contributed by atoms with Gasteiger partial charge in [-0.3, -0.25) is 0 Å². The van der Waals surface area contributed by atoms with Gasteiger partial charge in [0, 0.05) is 6.42 Å². The highest BCUT2D eigenvalue weighted by molar-refractivity contribution is 5.21. The zero-order valence-corrected chi connectivity index (χ0v) is 9.61. The van der Waals surface area contributed by atoms with Crippen LogP contribution in [0.4, 0.5) is 0 Å². The lowest BCUT2D eigenvalue weighted by Crippen LogP contribution is -2.22. The minimum atomic E-state index is -0.142. The third kappa shape index (κ3) is 3.96. The van der Waals surface area contributed by atoms with Crippen molar-refractivity contribution in [1.29, 1.82) is 0 Å². The predicted molar refractivity (Wildman–Crippen MR) is 60.7 cm³/mol. The van der Waals surface area contributed by atoms with Crippen LogP contribution in [0, 0.1) is 5.92 Å². The lowest BCUT2D eigenvalue weighted by atomic mass is 9.89. The number of hydrogen-bond acceptors (Lipinski definition) is 2. The van der Waals surface area contributed by atoms with Gasteiger partial charge in [-0.1, -0.05) is 25.0 Å². The first-order valence-corrected chi connectivity index (χ1v) is 6.27. The summed E-state index contributed by atoms with van der Waals surface area (Å²) in [4.78, 5) is 0. The second-order valence-electron chi connectivity index (χ2n) is 4.91. The zero-order valence-electron chi connectivity index (χ0n) is 9.61. The third-order valence-electron chi connectivity index (χ3n) is 3.44. The van der Waals surface area contributed by atoms with Crippen LogP contribution >= 0.6 is 0 Å². The van der Waals surface area contributed by atoms with E-state index < -0.39 is 0 Å². The van der Waals surface area contributed by atoms with Crippen molar-refractivity contribution in [1.82, 2.24) is 0 Å². The van der Waals surface area contributed by atoms with E-state index in [-0.39, 0.29) is 6.10 Å². The van der Waals surface area contributed by atoms with Crippen molar-refractivity contribution < 1.29 is 9.84 Å². The molecule has 86 valence electrons. The summed E-state index contributed by atoms with van der Waals surface area (Å²) in [6.45, 7) is 3.06. The van der Waals surface area contributed by atoms with E-state index in [2.05, 4.69) is 13.0 Å². The van der Waals surface area contributed by atoms with Gasteiger partial charge in [0.15, 0.2) is 0 Å². The molecule has 0 aromatic carbocycles. The summed E-state index contributed by atoms with van der Waals surface area (Å²) in [5, 5.41) is 10.1. The summed E-state index contributed by atoms with van der Waals surface area (Å²) in [5.74, 6) is 0.487. The number of aliphatic hydroxyl groups is 1. The summed E-state index contributed by atoms with van der Waals surface area (Å²) in [6, 6.07) is 0. The minimum absolute atomic E-state index is 0.142. The molecule has 3 unspecified atom stereocenters. The highest BCUT2D eigenvalue weighted by Crippen LogP contribution is 2.30. The van der Waals surface area contributed by atoms with Gasteiger partial charge in [-0.05, 0) is 31.6 Å². The van der Waals surface area contributed by atoms with Crippen LogP contribution in [0.3, 0.4) is 0 Å². The van der Waals surface area contributed by atoms with Gasteiger partial charge in [-0.25, -0.2) is 0 Å². The second kappa shape index (κ2) is 5.13. The SMILES string of the molecule is CCCC(CCC1=CC1)C(O)CC1CO1. The Labute approximate surface area is 92.3 Å². The van der Waals surface area contributed by atoms with Gasteiger partial charge < -0.3 is 9.84 Å². The molecule has 1 N–H and O–H groups in total. The summed E-state index contributed by atoms with van der Waals surface area (Å²) < 4.78 is 5.17. The van der Waals surface area contributed by atoms with Crippen LogP contribution < -0.4 is 0 Å². The standard InChI is InChI=1S/C13H22O2/c1-2-3-11(7-6-10-4-5-10)13(14)8-12-9-15-12/h4,11-14H,2-3,5-9H2,1H3. The van der Waals surface area contributed by atoms with Crippen LogP contribution in [0.5, 0.6) is 0 Å². The van der Waals surface area contributed by atoms with Crippen molar-refractivity contribution in [2.24, 2.45) is 5.92 Å². The third-order valence-corrected chi connectivity index (χ3v) is 3.44. The Bertz CT molecular complexity index is 231. The van der Waals surface area contributed by atoms with Gasteiger partial charge in [0.2, 0.25) is 0 Å². The normalized spacial score (nSPS) is 27.1. The fourth-order valence-corrected chi connectivity index (χ4v) is 2.21. The molecule has 15 heavy (non-hydrogen) atoms. The summed E-state index contributed by atoms with van der Waals surface area (Å²) >= 11 is 0. The van der Waals surface area contributed by atoms with E-state index in [4.69, 9.17) is 4.74 Å². The first kappa shape index (κ1) is 11.2. The monoisotopic (exact) mass is 210 g/mol. The van der Waals surface area contributed by atoms with Crippen LogP contribution in [-0.2, 0) is 4.74 Å². The molecule has 2 heteroatoms. The second-order valence-corrected chi connectivity index (χ2v) is 4.91. The van der Waals surface area contributed by atoms with Crippen LogP contribution in [0.2, 0.25) is 0 Å². The molecule has 0 aromatic rings. The molecule has 2 rings (SSSR count). The van der Waals surface area contributed by atoms with Gasteiger partial charge in [-0.2, -0.15) is 0 Å². The molecule has 0 spiro atoms. The first-order valence-electron chi connectivity index (χ1n) is 6.27. The van der Waals surface area contributed by atoms with Gasteiger partial charge in [0.25, 0.3) is 0 Å². The van der Waals surface area contributed by atoms with E-state index in [1.165, 1.54) is 19.3 Å². The molecule has 3 atom stereocenters. The predicted octanol–water partition coefficient (Wildman–Crippen LogP) is 2.66.